The number of nitrogens with two attached hydrogens (primary N) is 1. The molecule has 0 fully saturated rings. The molecule has 0 unspecified atom stereocenters. The van der Waals surface area contributed by atoms with Gasteiger partial charge in [-0.3, -0.25) is 0 Å². The van der Waals surface area contributed by atoms with Crippen LogP contribution in [0.4, 0.5) is 17.1 Å². The normalized spacial score (nSPS) is 9.83. The van der Waals surface area contributed by atoms with E-state index in [1.165, 1.54) is 0 Å². The average molecular weight is 237 g/mol. The highest BCUT2D eigenvalue weighted by atomic mass is 15.1. The molecule has 0 bridgehead atoms. The Morgan fingerprint density at radius 3 is 2.61 bits per heavy atom. The number of anilines is 3. The Bertz CT molecular complexity index is 611. The molecule has 0 aliphatic carbocycles. The molecule has 0 spiro atoms. The number of nitrogens with zero attached hydrogens (tertiary/aromatic N) is 2. The number of hydrogen-bond acceptors (Lipinski definition) is 3. The molecule has 2 N–H and O–H groups in total. The summed E-state index contributed by atoms with van der Waals surface area (Å²) in [4.78, 5) is 1.98. The van der Waals surface area contributed by atoms with E-state index in [4.69, 9.17) is 11.0 Å². The fourth-order valence-corrected chi connectivity index (χ4v) is 1.90. The Kier molecular flexibility index (Phi) is 3.20. The maximum atomic E-state index is 8.91. The molecule has 2 rings (SSSR count). The first-order valence-electron chi connectivity index (χ1n) is 5.72. The second-order valence-corrected chi connectivity index (χ2v) is 4.28. The maximum absolute atomic E-state index is 8.91. The van der Waals surface area contributed by atoms with Crippen molar-refractivity contribution in [2.45, 2.75) is 6.92 Å². The van der Waals surface area contributed by atoms with Gasteiger partial charge in [-0.15, -0.1) is 0 Å². The van der Waals surface area contributed by atoms with Gasteiger partial charge in [-0.25, -0.2) is 0 Å². The van der Waals surface area contributed by atoms with E-state index in [1.54, 1.807) is 6.07 Å². The van der Waals surface area contributed by atoms with E-state index in [-0.39, 0.29) is 0 Å². The summed E-state index contributed by atoms with van der Waals surface area (Å²) in [6.45, 7) is 2.01. The summed E-state index contributed by atoms with van der Waals surface area (Å²) in [5.74, 6) is 0. The predicted molar refractivity (Wildman–Crippen MR) is 74.8 cm³/mol. The third-order valence-corrected chi connectivity index (χ3v) is 2.91. The van der Waals surface area contributed by atoms with Crippen molar-refractivity contribution in [2.24, 2.45) is 0 Å². The third kappa shape index (κ3) is 2.28. The standard InChI is InChI=1S/C15H15N3/c1-11-6-7-15(14(17)8-11)18(2)13-5-3-4-12(9-13)10-16/h3-9H,17H2,1-2H3. The topological polar surface area (TPSA) is 53.0 Å². The summed E-state index contributed by atoms with van der Waals surface area (Å²) in [5, 5.41) is 8.91. The molecule has 0 aliphatic rings. The largest absolute Gasteiger partial charge is 0.397 e. The lowest BCUT2D eigenvalue weighted by atomic mass is 10.1. The van der Waals surface area contributed by atoms with Crippen molar-refractivity contribution in [1.82, 2.24) is 0 Å². The minimum absolute atomic E-state index is 0.644. The zero-order valence-electron chi connectivity index (χ0n) is 10.5. The van der Waals surface area contributed by atoms with E-state index in [2.05, 4.69) is 6.07 Å². The highest BCUT2D eigenvalue weighted by Crippen LogP contribution is 2.29. The maximum Gasteiger partial charge on any atom is 0.0992 e. The molecule has 90 valence electrons. The minimum atomic E-state index is 0.644. The van der Waals surface area contributed by atoms with Crippen molar-refractivity contribution in [3.8, 4) is 6.07 Å². The molecule has 18 heavy (non-hydrogen) atoms. The van der Waals surface area contributed by atoms with Crippen LogP contribution >= 0.6 is 0 Å². The molecule has 0 atom stereocenters. The van der Waals surface area contributed by atoms with E-state index in [0.717, 1.165) is 22.6 Å². The van der Waals surface area contributed by atoms with Gasteiger partial charge >= 0.3 is 0 Å². The Balaban J connectivity index is 2.41. The summed E-state index contributed by atoms with van der Waals surface area (Å²) in [6, 6.07) is 15.6. The first-order valence-corrected chi connectivity index (χ1v) is 5.72. The fourth-order valence-electron chi connectivity index (χ4n) is 1.90. The van der Waals surface area contributed by atoms with Gasteiger partial charge in [0, 0.05) is 12.7 Å². The number of rotatable bonds is 2. The molecule has 2 aromatic carbocycles. The number of nitriles is 1. The van der Waals surface area contributed by atoms with Gasteiger partial charge in [-0.05, 0) is 42.8 Å². The Labute approximate surface area is 107 Å². The molecule has 0 saturated carbocycles. The van der Waals surface area contributed by atoms with E-state index in [9.17, 15) is 0 Å². The smallest absolute Gasteiger partial charge is 0.0992 e. The zero-order valence-corrected chi connectivity index (χ0v) is 10.5. The monoisotopic (exact) mass is 237 g/mol. The zero-order chi connectivity index (χ0) is 13.1. The third-order valence-electron chi connectivity index (χ3n) is 2.91. The molecule has 0 amide bonds. The van der Waals surface area contributed by atoms with Crippen LogP contribution in [0.5, 0.6) is 0 Å². The summed E-state index contributed by atoms with van der Waals surface area (Å²) in [7, 11) is 1.94. The van der Waals surface area contributed by atoms with Gasteiger partial charge in [0.25, 0.3) is 0 Å². The van der Waals surface area contributed by atoms with Crippen molar-refractivity contribution in [3.05, 3.63) is 53.6 Å². The molecule has 0 aromatic heterocycles. The molecule has 0 aliphatic heterocycles. The van der Waals surface area contributed by atoms with Crippen molar-refractivity contribution in [2.75, 3.05) is 17.7 Å². The Hall–Kier alpha value is -2.47. The van der Waals surface area contributed by atoms with Crippen LogP contribution in [0.3, 0.4) is 0 Å². The van der Waals surface area contributed by atoms with Crippen LogP contribution in [0.1, 0.15) is 11.1 Å². The average Bonchev–Trinajstić information content (AvgIpc) is 2.38. The van der Waals surface area contributed by atoms with Crippen LogP contribution in [0, 0.1) is 18.3 Å². The van der Waals surface area contributed by atoms with Gasteiger partial charge in [0.05, 0.1) is 23.0 Å². The molecule has 0 radical (unpaired) electrons. The highest BCUT2D eigenvalue weighted by molar-refractivity contribution is 5.75. The number of aryl methyl sites for hydroxylation is 1. The van der Waals surface area contributed by atoms with Gasteiger partial charge in [0.15, 0.2) is 0 Å². The van der Waals surface area contributed by atoms with Crippen molar-refractivity contribution < 1.29 is 0 Å². The number of hydrogen-bond donors (Lipinski definition) is 1. The van der Waals surface area contributed by atoms with E-state index in [0.29, 0.717) is 5.56 Å². The Morgan fingerprint density at radius 1 is 1.17 bits per heavy atom. The van der Waals surface area contributed by atoms with Gasteiger partial charge in [-0.2, -0.15) is 5.26 Å². The van der Waals surface area contributed by atoms with Gasteiger partial charge in [0.1, 0.15) is 0 Å². The molecular formula is C15H15N3. The van der Waals surface area contributed by atoms with Crippen LogP contribution in [0.2, 0.25) is 0 Å². The summed E-state index contributed by atoms with van der Waals surface area (Å²) in [5.41, 5.74) is 10.4. The molecule has 3 nitrogen and oxygen atoms in total. The minimum Gasteiger partial charge on any atom is -0.397 e. The first-order chi connectivity index (χ1) is 8.61. The SMILES string of the molecule is Cc1ccc(N(C)c2cccc(C#N)c2)c(N)c1. The van der Waals surface area contributed by atoms with E-state index in [1.807, 2.05) is 55.3 Å². The summed E-state index contributed by atoms with van der Waals surface area (Å²) < 4.78 is 0. The summed E-state index contributed by atoms with van der Waals surface area (Å²) in [6.07, 6.45) is 0. The quantitative estimate of drug-likeness (QED) is 0.816. The number of benzene rings is 2. The molecule has 2 aromatic rings. The van der Waals surface area contributed by atoms with Gasteiger partial charge in [0.2, 0.25) is 0 Å². The molecule has 0 saturated heterocycles. The van der Waals surface area contributed by atoms with Crippen molar-refractivity contribution >= 4 is 17.1 Å². The van der Waals surface area contributed by atoms with Crippen molar-refractivity contribution in [1.29, 1.82) is 5.26 Å². The van der Waals surface area contributed by atoms with Crippen LogP contribution < -0.4 is 10.6 Å². The van der Waals surface area contributed by atoms with E-state index >= 15 is 0 Å². The van der Waals surface area contributed by atoms with Gasteiger partial charge < -0.3 is 10.6 Å². The number of nitrogen functional groups attached to an aromatic ring is 1. The molecular weight excluding hydrogens is 222 g/mol. The van der Waals surface area contributed by atoms with Crippen molar-refractivity contribution in [3.63, 3.8) is 0 Å². The second-order valence-electron chi connectivity index (χ2n) is 4.28. The van der Waals surface area contributed by atoms with Crippen LogP contribution in [0.25, 0.3) is 0 Å². The lowest BCUT2D eigenvalue weighted by Crippen LogP contribution is -2.11. The van der Waals surface area contributed by atoms with E-state index < -0.39 is 0 Å². The predicted octanol–water partition coefficient (Wildman–Crippen LogP) is 3.22. The Morgan fingerprint density at radius 2 is 1.94 bits per heavy atom. The summed E-state index contributed by atoms with van der Waals surface area (Å²) >= 11 is 0. The van der Waals surface area contributed by atoms with Gasteiger partial charge in [-0.1, -0.05) is 12.1 Å². The first kappa shape index (κ1) is 12.0. The fraction of sp³-hybridized carbons (Fsp3) is 0.133. The van der Waals surface area contributed by atoms with Crippen LogP contribution in [-0.2, 0) is 0 Å². The van der Waals surface area contributed by atoms with Crippen LogP contribution in [0.15, 0.2) is 42.5 Å². The molecule has 3 heteroatoms. The highest BCUT2D eigenvalue weighted by Gasteiger charge is 2.08. The lowest BCUT2D eigenvalue weighted by molar-refractivity contribution is 1.20. The molecule has 0 heterocycles. The second kappa shape index (κ2) is 4.80. The van der Waals surface area contributed by atoms with Crippen LogP contribution in [-0.4, -0.2) is 7.05 Å². The lowest BCUT2D eigenvalue weighted by Gasteiger charge is -2.21.